The molecule has 0 bridgehead atoms. The number of carbonyl (C=O) groups excluding carboxylic acids is 2. The van der Waals surface area contributed by atoms with E-state index in [0.717, 1.165) is 60.8 Å². The fourth-order valence-corrected chi connectivity index (χ4v) is 4.07. The molecule has 2 amide bonds. The third-order valence-electron chi connectivity index (χ3n) is 6.01. The second kappa shape index (κ2) is 8.89. The predicted molar refractivity (Wildman–Crippen MR) is 122 cm³/mol. The van der Waals surface area contributed by atoms with Gasteiger partial charge in [-0.15, -0.1) is 0 Å². The standard InChI is InChI=1S/C24H29N5O2/c1-4-23(30)29-13-11-28(12-14-29)16-22-26-20-15-18(9-10-21(20)27(22)3)25-24(31)19-8-6-5-7-17(19)2/h5-10,15H,4,11-14,16H2,1-3H3,(H,25,31). The average molecular weight is 420 g/mol. The summed E-state index contributed by atoms with van der Waals surface area (Å²) in [7, 11) is 2.02. The Morgan fingerprint density at radius 3 is 2.52 bits per heavy atom. The first-order valence-corrected chi connectivity index (χ1v) is 10.8. The Hall–Kier alpha value is -3.19. The Balaban J connectivity index is 1.46. The van der Waals surface area contributed by atoms with E-state index >= 15 is 0 Å². The lowest BCUT2D eigenvalue weighted by atomic mass is 10.1. The molecule has 3 aromatic rings. The number of imidazole rings is 1. The van der Waals surface area contributed by atoms with Crippen LogP contribution in [0.4, 0.5) is 5.69 Å². The smallest absolute Gasteiger partial charge is 0.255 e. The highest BCUT2D eigenvalue weighted by Crippen LogP contribution is 2.22. The largest absolute Gasteiger partial charge is 0.340 e. The Kier molecular flexibility index (Phi) is 6.04. The minimum Gasteiger partial charge on any atom is -0.340 e. The number of rotatable bonds is 5. The highest BCUT2D eigenvalue weighted by atomic mass is 16.2. The van der Waals surface area contributed by atoms with Gasteiger partial charge in [-0.25, -0.2) is 4.98 Å². The molecular weight excluding hydrogens is 390 g/mol. The molecule has 2 aromatic carbocycles. The molecule has 4 rings (SSSR count). The zero-order chi connectivity index (χ0) is 22.0. The van der Waals surface area contributed by atoms with Gasteiger partial charge in [-0.3, -0.25) is 14.5 Å². The van der Waals surface area contributed by atoms with Crippen molar-refractivity contribution in [2.24, 2.45) is 7.05 Å². The number of piperazine rings is 1. The predicted octanol–water partition coefficient (Wildman–Crippen LogP) is 3.19. The van der Waals surface area contributed by atoms with Crippen LogP contribution < -0.4 is 5.32 Å². The van der Waals surface area contributed by atoms with Gasteiger partial charge in [0.1, 0.15) is 5.82 Å². The van der Waals surface area contributed by atoms with Crippen LogP contribution in [0.15, 0.2) is 42.5 Å². The van der Waals surface area contributed by atoms with Gasteiger partial charge in [0.05, 0.1) is 17.6 Å². The molecule has 2 heterocycles. The Morgan fingerprint density at radius 1 is 1.06 bits per heavy atom. The van der Waals surface area contributed by atoms with E-state index in [-0.39, 0.29) is 11.8 Å². The second-order valence-corrected chi connectivity index (χ2v) is 8.07. The van der Waals surface area contributed by atoms with Gasteiger partial charge in [0.15, 0.2) is 0 Å². The number of nitrogens with one attached hydrogen (secondary N) is 1. The molecular formula is C24H29N5O2. The molecule has 0 atom stereocenters. The molecule has 31 heavy (non-hydrogen) atoms. The molecule has 0 unspecified atom stereocenters. The van der Waals surface area contributed by atoms with Gasteiger partial charge in [0.2, 0.25) is 5.91 Å². The minimum atomic E-state index is -0.117. The van der Waals surface area contributed by atoms with E-state index in [4.69, 9.17) is 4.98 Å². The van der Waals surface area contributed by atoms with Crippen LogP contribution in [0.25, 0.3) is 11.0 Å². The summed E-state index contributed by atoms with van der Waals surface area (Å²) in [6.07, 6.45) is 0.563. The Bertz CT molecular complexity index is 1110. The molecule has 0 saturated carbocycles. The monoisotopic (exact) mass is 419 g/mol. The quantitative estimate of drug-likeness (QED) is 0.690. The van der Waals surface area contributed by atoms with Crippen molar-refractivity contribution in [2.75, 3.05) is 31.5 Å². The van der Waals surface area contributed by atoms with E-state index in [1.54, 1.807) is 0 Å². The molecule has 7 nitrogen and oxygen atoms in total. The van der Waals surface area contributed by atoms with Gasteiger partial charge in [-0.2, -0.15) is 0 Å². The summed E-state index contributed by atoms with van der Waals surface area (Å²) < 4.78 is 2.10. The number of hydrogen-bond donors (Lipinski definition) is 1. The van der Waals surface area contributed by atoms with E-state index in [9.17, 15) is 9.59 Å². The molecule has 7 heteroatoms. The van der Waals surface area contributed by atoms with Gasteiger partial charge >= 0.3 is 0 Å². The van der Waals surface area contributed by atoms with Crippen LogP contribution in [-0.4, -0.2) is 57.3 Å². The number of fused-ring (bicyclic) bond motifs is 1. The van der Waals surface area contributed by atoms with E-state index < -0.39 is 0 Å². The van der Waals surface area contributed by atoms with Crippen molar-refractivity contribution in [3.05, 3.63) is 59.4 Å². The molecule has 1 N–H and O–H groups in total. The van der Waals surface area contributed by atoms with Crippen molar-refractivity contribution < 1.29 is 9.59 Å². The fraction of sp³-hybridized carbons (Fsp3) is 0.375. The normalized spacial score (nSPS) is 14.7. The topological polar surface area (TPSA) is 70.5 Å². The van der Waals surface area contributed by atoms with Crippen molar-refractivity contribution in [1.82, 2.24) is 19.4 Å². The van der Waals surface area contributed by atoms with E-state index in [1.165, 1.54) is 0 Å². The van der Waals surface area contributed by atoms with Crippen LogP contribution in [0.2, 0.25) is 0 Å². The van der Waals surface area contributed by atoms with Crippen molar-refractivity contribution in [2.45, 2.75) is 26.8 Å². The van der Waals surface area contributed by atoms with Crippen LogP contribution in [-0.2, 0) is 18.4 Å². The summed E-state index contributed by atoms with van der Waals surface area (Å²) >= 11 is 0. The number of hydrogen-bond acceptors (Lipinski definition) is 4. The Labute approximate surface area is 182 Å². The van der Waals surface area contributed by atoms with E-state index in [1.807, 2.05) is 68.3 Å². The van der Waals surface area contributed by atoms with Gasteiger partial charge in [-0.1, -0.05) is 25.1 Å². The zero-order valence-electron chi connectivity index (χ0n) is 18.4. The zero-order valence-corrected chi connectivity index (χ0v) is 18.4. The summed E-state index contributed by atoms with van der Waals surface area (Å²) in [5.41, 5.74) is 4.24. The van der Waals surface area contributed by atoms with Gasteiger partial charge in [0.25, 0.3) is 5.91 Å². The third-order valence-corrected chi connectivity index (χ3v) is 6.01. The maximum Gasteiger partial charge on any atom is 0.255 e. The lowest BCUT2D eigenvalue weighted by Crippen LogP contribution is -2.48. The number of aromatic nitrogens is 2. The van der Waals surface area contributed by atoms with Crippen molar-refractivity contribution in [3.63, 3.8) is 0 Å². The average Bonchev–Trinajstić information content (AvgIpc) is 3.08. The van der Waals surface area contributed by atoms with E-state index in [2.05, 4.69) is 14.8 Å². The van der Waals surface area contributed by atoms with Crippen molar-refractivity contribution in [3.8, 4) is 0 Å². The number of carbonyl (C=O) groups is 2. The molecule has 0 radical (unpaired) electrons. The highest BCUT2D eigenvalue weighted by Gasteiger charge is 2.21. The summed E-state index contributed by atoms with van der Waals surface area (Å²) in [6.45, 7) is 7.83. The Morgan fingerprint density at radius 2 is 1.81 bits per heavy atom. The fourth-order valence-electron chi connectivity index (χ4n) is 4.07. The number of amides is 2. The van der Waals surface area contributed by atoms with Crippen molar-refractivity contribution in [1.29, 1.82) is 0 Å². The van der Waals surface area contributed by atoms with Crippen LogP contribution in [0.1, 0.15) is 35.1 Å². The van der Waals surface area contributed by atoms with Crippen LogP contribution in [0.3, 0.4) is 0 Å². The van der Waals surface area contributed by atoms with Gasteiger partial charge < -0.3 is 14.8 Å². The summed E-state index contributed by atoms with van der Waals surface area (Å²) in [6, 6.07) is 13.4. The molecule has 1 aliphatic rings. The number of aryl methyl sites for hydroxylation is 2. The van der Waals surface area contributed by atoms with Crippen LogP contribution in [0, 0.1) is 6.92 Å². The first-order valence-electron chi connectivity index (χ1n) is 10.8. The van der Waals surface area contributed by atoms with Gasteiger partial charge in [-0.05, 0) is 36.8 Å². The summed E-state index contributed by atoms with van der Waals surface area (Å²) in [5, 5.41) is 2.99. The first-order chi connectivity index (χ1) is 15.0. The molecule has 1 aliphatic heterocycles. The highest BCUT2D eigenvalue weighted by molar-refractivity contribution is 6.05. The van der Waals surface area contributed by atoms with Crippen LogP contribution in [0.5, 0.6) is 0 Å². The maximum absolute atomic E-state index is 12.6. The lowest BCUT2D eigenvalue weighted by molar-refractivity contribution is -0.132. The molecule has 1 aromatic heterocycles. The van der Waals surface area contributed by atoms with E-state index in [0.29, 0.717) is 12.0 Å². The maximum atomic E-state index is 12.6. The third kappa shape index (κ3) is 4.46. The lowest BCUT2D eigenvalue weighted by Gasteiger charge is -2.34. The molecule has 1 saturated heterocycles. The van der Waals surface area contributed by atoms with Crippen LogP contribution >= 0.6 is 0 Å². The summed E-state index contributed by atoms with van der Waals surface area (Å²) in [4.78, 5) is 33.6. The number of anilines is 1. The number of nitrogens with zero attached hydrogens (tertiary/aromatic N) is 4. The minimum absolute atomic E-state index is 0.117. The number of benzene rings is 2. The molecule has 1 fully saturated rings. The molecule has 0 aliphatic carbocycles. The van der Waals surface area contributed by atoms with Crippen molar-refractivity contribution >= 4 is 28.5 Å². The first kappa shape index (κ1) is 21.1. The summed E-state index contributed by atoms with van der Waals surface area (Å²) in [5.74, 6) is 1.09. The SMILES string of the molecule is CCC(=O)N1CCN(Cc2nc3cc(NC(=O)c4ccccc4C)ccc3n2C)CC1. The van der Waals surface area contributed by atoms with Gasteiger partial charge in [0, 0.05) is 50.9 Å². The molecule has 0 spiro atoms. The second-order valence-electron chi connectivity index (χ2n) is 8.07. The molecule has 162 valence electrons.